The topological polar surface area (TPSA) is 8.72 Å². The monoisotopic (exact) mass is 676 g/mol. The average Bonchev–Trinajstić information content (AvgIpc) is 3.02. The summed E-state index contributed by atoms with van der Waals surface area (Å²) in [6, 6.07) is 26.7. The van der Waals surface area contributed by atoms with E-state index in [9.17, 15) is 0 Å². The molecule has 0 aromatic heterocycles. The van der Waals surface area contributed by atoms with Crippen molar-refractivity contribution in [2.24, 2.45) is 0 Å². The molecule has 6 aromatic rings. The van der Waals surface area contributed by atoms with E-state index in [-0.39, 0.29) is 0 Å². The molecule has 2 nitrogen and oxygen atoms in total. The molecule has 2 heteroatoms. The van der Waals surface area contributed by atoms with Gasteiger partial charge in [-0.05, 0) is 183 Å². The van der Waals surface area contributed by atoms with Crippen molar-refractivity contribution in [1.29, 1.82) is 0 Å². The minimum absolute atomic E-state index is 0.669. The number of nitrogens with zero attached hydrogens (tertiary/aromatic N) is 2. The summed E-state index contributed by atoms with van der Waals surface area (Å²) in [6.07, 6.45) is 0. The molecule has 0 aliphatic rings. The fourth-order valence-electron chi connectivity index (χ4n) is 9.02. The number of aryl methyl sites for hydroxylation is 12. The molecule has 0 fully saturated rings. The van der Waals surface area contributed by atoms with Crippen LogP contribution >= 0.6 is 0 Å². The van der Waals surface area contributed by atoms with Crippen LogP contribution in [0, 0.1) is 96.2 Å². The third kappa shape index (κ3) is 6.36. The van der Waals surface area contributed by atoms with Crippen LogP contribution in [0.4, 0.5) is 11.4 Å². The van der Waals surface area contributed by atoms with Crippen LogP contribution in [0.15, 0.2) is 72.8 Å². The second-order valence-electron chi connectivity index (χ2n) is 15.2. The van der Waals surface area contributed by atoms with Crippen LogP contribution in [0.25, 0.3) is 65.3 Å². The van der Waals surface area contributed by atoms with Crippen LogP contribution in [-0.4, -0.2) is 0 Å². The Morgan fingerprint density at radius 2 is 0.462 bits per heavy atom. The van der Waals surface area contributed by atoms with E-state index in [4.69, 9.17) is 13.1 Å². The van der Waals surface area contributed by atoms with Crippen molar-refractivity contribution in [3.63, 3.8) is 0 Å². The maximum absolute atomic E-state index is 8.63. The quantitative estimate of drug-likeness (QED) is 0.161. The van der Waals surface area contributed by atoms with E-state index in [1.54, 1.807) is 0 Å². The van der Waals surface area contributed by atoms with Crippen LogP contribution in [0.2, 0.25) is 0 Å². The summed E-state index contributed by atoms with van der Waals surface area (Å²) in [5, 5.41) is 0. The predicted molar refractivity (Wildman–Crippen MR) is 223 cm³/mol. The second-order valence-corrected chi connectivity index (χ2v) is 15.2. The van der Waals surface area contributed by atoms with E-state index in [2.05, 4.69) is 166 Å². The lowest BCUT2D eigenvalue weighted by Crippen LogP contribution is -1.98. The Bertz CT molecular complexity index is 2120. The van der Waals surface area contributed by atoms with Gasteiger partial charge in [0.15, 0.2) is 0 Å². The minimum atomic E-state index is 0.669. The largest absolute Gasteiger partial charge is 0.237 e. The van der Waals surface area contributed by atoms with Gasteiger partial charge in [0.05, 0.1) is 13.1 Å². The normalized spacial score (nSPS) is 11.0. The van der Waals surface area contributed by atoms with Gasteiger partial charge in [-0.3, -0.25) is 0 Å². The predicted octanol–water partition coefficient (Wildman–Crippen LogP) is 14.8. The van der Waals surface area contributed by atoms with E-state index >= 15 is 0 Å². The Morgan fingerprint density at radius 3 is 0.615 bits per heavy atom. The Labute approximate surface area is 311 Å². The van der Waals surface area contributed by atoms with E-state index < -0.39 is 0 Å². The number of hydrogen-bond donors (Lipinski definition) is 0. The third-order valence-corrected chi connectivity index (χ3v) is 10.6. The Balaban J connectivity index is 1.82. The van der Waals surface area contributed by atoms with E-state index in [1.165, 1.54) is 22.3 Å². The average molecular weight is 677 g/mol. The van der Waals surface area contributed by atoms with Crippen molar-refractivity contribution in [3.05, 3.63) is 162 Å². The first-order valence-corrected chi connectivity index (χ1v) is 18.1. The number of benzene rings is 6. The summed E-state index contributed by atoms with van der Waals surface area (Å²) in [5.74, 6) is 0. The molecule has 0 bridgehead atoms. The van der Waals surface area contributed by atoms with Gasteiger partial charge in [0, 0.05) is 0 Å². The molecule has 0 heterocycles. The maximum Gasteiger partial charge on any atom is 0.202 e. The lowest BCUT2D eigenvalue weighted by Gasteiger charge is -2.22. The second kappa shape index (κ2) is 13.8. The van der Waals surface area contributed by atoms with Crippen molar-refractivity contribution in [3.8, 4) is 55.6 Å². The Kier molecular flexibility index (Phi) is 9.57. The van der Waals surface area contributed by atoms with Crippen LogP contribution in [0.5, 0.6) is 0 Å². The summed E-state index contributed by atoms with van der Waals surface area (Å²) < 4.78 is 0. The highest BCUT2D eigenvalue weighted by Gasteiger charge is 2.24. The molecular weight excluding hydrogens is 629 g/mol. The highest BCUT2D eigenvalue weighted by molar-refractivity contribution is 6.01. The molecule has 258 valence electrons. The van der Waals surface area contributed by atoms with Gasteiger partial charge in [-0.1, -0.05) is 95.1 Å². The summed E-state index contributed by atoms with van der Waals surface area (Å²) in [5.41, 5.74) is 25.7. The van der Waals surface area contributed by atoms with Gasteiger partial charge in [0.25, 0.3) is 0 Å². The standard InChI is InChI=1S/C50H48N2/c1-27-15-31(5)45(32(6)16-27)41-23-39(24-42(49(41)51-13)46-33(7)17-28(2)18-34(46)8)40-25-43(47-35(9)19-29(3)20-36(47)10)50(52-14)44(26-40)48-37(11)21-30(4)22-38(48)12/h15-26H,1-12H3. The summed E-state index contributed by atoms with van der Waals surface area (Å²) in [6.45, 7) is 43.0. The first-order valence-electron chi connectivity index (χ1n) is 18.1. The van der Waals surface area contributed by atoms with Gasteiger partial charge in [-0.25, -0.2) is 9.69 Å². The maximum atomic E-state index is 8.63. The molecule has 6 aromatic carbocycles. The molecule has 0 radical (unpaired) electrons. The Hall–Kier alpha value is -5.70. The Morgan fingerprint density at radius 1 is 0.288 bits per heavy atom. The van der Waals surface area contributed by atoms with E-state index in [1.807, 2.05) is 0 Å². The van der Waals surface area contributed by atoms with Crippen LogP contribution in [0.3, 0.4) is 0 Å². The fraction of sp³-hybridized carbons (Fsp3) is 0.240. The van der Waals surface area contributed by atoms with Gasteiger partial charge >= 0.3 is 0 Å². The molecule has 0 atom stereocenters. The van der Waals surface area contributed by atoms with Gasteiger partial charge in [0.2, 0.25) is 11.4 Å². The summed E-state index contributed by atoms with van der Waals surface area (Å²) in [4.78, 5) is 8.60. The smallest absolute Gasteiger partial charge is 0.202 e. The highest BCUT2D eigenvalue weighted by Crippen LogP contribution is 2.50. The molecule has 0 aliphatic carbocycles. The molecule has 0 amide bonds. The molecule has 0 aliphatic heterocycles. The zero-order valence-electron chi connectivity index (χ0n) is 32.8. The molecule has 0 saturated heterocycles. The van der Waals surface area contributed by atoms with Gasteiger partial charge in [-0.2, -0.15) is 0 Å². The van der Waals surface area contributed by atoms with Crippen molar-refractivity contribution >= 4 is 11.4 Å². The highest BCUT2D eigenvalue weighted by atomic mass is 14.7. The molecule has 52 heavy (non-hydrogen) atoms. The molecular formula is C50H48N2. The van der Waals surface area contributed by atoms with Crippen molar-refractivity contribution in [1.82, 2.24) is 0 Å². The molecule has 0 spiro atoms. The van der Waals surface area contributed by atoms with Crippen molar-refractivity contribution in [2.75, 3.05) is 0 Å². The SMILES string of the molecule is [C-]#[N+]c1c(-c2c(C)cc(C)cc2C)cc(-c2cc(-c3c(C)cc(C)cc3C)c([N+]#[C-])c(-c3c(C)cc(C)cc3C)c2)cc1-c1c(C)cc(C)cc1C. The lowest BCUT2D eigenvalue weighted by atomic mass is 9.82. The van der Waals surface area contributed by atoms with E-state index in [0.29, 0.717) is 11.4 Å². The molecule has 6 rings (SSSR count). The minimum Gasteiger partial charge on any atom is -0.237 e. The molecule has 0 saturated carbocycles. The van der Waals surface area contributed by atoms with Crippen molar-refractivity contribution < 1.29 is 0 Å². The first kappa shape index (κ1) is 36.1. The zero-order chi connectivity index (χ0) is 37.8. The molecule has 0 N–H and O–H groups in total. The number of rotatable bonds is 5. The van der Waals surface area contributed by atoms with Crippen LogP contribution in [-0.2, 0) is 0 Å². The molecule has 0 unspecified atom stereocenters. The van der Waals surface area contributed by atoms with E-state index in [0.717, 1.165) is 100 Å². The van der Waals surface area contributed by atoms with Crippen LogP contribution in [0.1, 0.15) is 66.8 Å². The first-order chi connectivity index (χ1) is 24.6. The summed E-state index contributed by atoms with van der Waals surface area (Å²) in [7, 11) is 0. The third-order valence-electron chi connectivity index (χ3n) is 10.6. The zero-order valence-corrected chi connectivity index (χ0v) is 32.8. The number of hydrogen-bond acceptors (Lipinski definition) is 0. The van der Waals surface area contributed by atoms with Crippen molar-refractivity contribution in [2.45, 2.75) is 83.1 Å². The van der Waals surface area contributed by atoms with Crippen LogP contribution < -0.4 is 0 Å². The van der Waals surface area contributed by atoms with Gasteiger partial charge in [-0.15, -0.1) is 0 Å². The lowest BCUT2D eigenvalue weighted by molar-refractivity contribution is 1.31. The van der Waals surface area contributed by atoms with Gasteiger partial charge in [0.1, 0.15) is 0 Å². The summed E-state index contributed by atoms with van der Waals surface area (Å²) >= 11 is 0. The fourth-order valence-corrected chi connectivity index (χ4v) is 9.02. The van der Waals surface area contributed by atoms with Gasteiger partial charge < -0.3 is 0 Å².